The average molecular weight is 478 g/mol. The lowest BCUT2D eigenvalue weighted by atomic mass is 10.3. The number of hydrogen-bond acceptors (Lipinski definition) is 6. The predicted octanol–water partition coefficient (Wildman–Crippen LogP) is 7.50. The third kappa shape index (κ3) is 7.20. The van der Waals surface area contributed by atoms with Crippen LogP contribution in [0.1, 0.15) is 0 Å². The number of nitrogens with two attached hydrogens (primary N) is 3. The standard InChI is InChI=1S/C18H16N2O2.C12H11NO/c19-13-1-5-15(6-2-13)21-17-9-11-18(12-10-17)22-16-7-3-14(20)4-8-16;13-11-8-4-5-9-12(11)14-10-6-2-1-3-7-10/h1-12H,19-20H2;1-9H,13H2. The fourth-order valence-corrected chi connectivity index (χ4v) is 3.11. The number of anilines is 3. The van der Waals surface area contributed by atoms with Gasteiger partial charge in [-0.3, -0.25) is 0 Å². The minimum Gasteiger partial charge on any atom is -0.457 e. The van der Waals surface area contributed by atoms with Gasteiger partial charge < -0.3 is 31.4 Å². The molecular weight excluding hydrogens is 450 g/mol. The average Bonchev–Trinajstić information content (AvgIpc) is 2.90. The number of nitrogen functional groups attached to an aromatic ring is 3. The summed E-state index contributed by atoms with van der Waals surface area (Å²) in [6, 6.07) is 38.9. The molecule has 36 heavy (non-hydrogen) atoms. The van der Waals surface area contributed by atoms with Gasteiger partial charge in [0.1, 0.15) is 34.5 Å². The Morgan fingerprint density at radius 1 is 0.333 bits per heavy atom. The van der Waals surface area contributed by atoms with Crippen LogP contribution in [-0.4, -0.2) is 0 Å². The third-order valence-corrected chi connectivity index (χ3v) is 4.95. The summed E-state index contributed by atoms with van der Waals surface area (Å²) in [7, 11) is 0. The Kier molecular flexibility index (Phi) is 7.91. The fourth-order valence-electron chi connectivity index (χ4n) is 3.11. The second kappa shape index (κ2) is 11.9. The van der Waals surface area contributed by atoms with E-state index >= 15 is 0 Å². The molecule has 0 heterocycles. The summed E-state index contributed by atoms with van der Waals surface area (Å²) in [5, 5.41) is 0. The quantitative estimate of drug-likeness (QED) is 0.219. The summed E-state index contributed by atoms with van der Waals surface area (Å²) in [5.74, 6) is 4.43. The third-order valence-electron chi connectivity index (χ3n) is 4.95. The van der Waals surface area contributed by atoms with Crippen molar-refractivity contribution in [2.75, 3.05) is 17.2 Å². The van der Waals surface area contributed by atoms with Gasteiger partial charge in [-0.1, -0.05) is 30.3 Å². The van der Waals surface area contributed by atoms with Gasteiger partial charge in [-0.2, -0.15) is 0 Å². The zero-order valence-corrected chi connectivity index (χ0v) is 19.6. The van der Waals surface area contributed by atoms with Crippen molar-refractivity contribution in [2.24, 2.45) is 0 Å². The normalized spacial score (nSPS) is 10.0. The van der Waals surface area contributed by atoms with E-state index in [0.29, 0.717) is 22.8 Å². The molecule has 5 rings (SSSR count). The van der Waals surface area contributed by atoms with Crippen LogP contribution in [0.4, 0.5) is 17.1 Å². The Morgan fingerprint density at radius 2 is 0.694 bits per heavy atom. The molecule has 0 aromatic heterocycles. The van der Waals surface area contributed by atoms with Crippen LogP contribution in [0, 0.1) is 0 Å². The molecule has 0 atom stereocenters. The molecular formula is C30H27N3O3. The van der Waals surface area contributed by atoms with E-state index in [4.69, 9.17) is 31.4 Å². The first kappa shape index (κ1) is 24.0. The minimum atomic E-state index is 0.649. The monoisotopic (exact) mass is 477 g/mol. The van der Waals surface area contributed by atoms with E-state index in [1.807, 2.05) is 103 Å². The van der Waals surface area contributed by atoms with Crippen molar-refractivity contribution in [3.8, 4) is 34.5 Å². The van der Waals surface area contributed by atoms with Crippen LogP contribution >= 0.6 is 0 Å². The summed E-state index contributed by atoms with van der Waals surface area (Å²) < 4.78 is 17.0. The minimum absolute atomic E-state index is 0.649. The summed E-state index contributed by atoms with van der Waals surface area (Å²) >= 11 is 0. The molecule has 5 aromatic carbocycles. The molecule has 0 bridgehead atoms. The zero-order chi connectivity index (χ0) is 25.2. The van der Waals surface area contributed by atoms with Gasteiger partial charge in [-0.15, -0.1) is 0 Å². The Balaban J connectivity index is 0.000000187. The summed E-state index contributed by atoms with van der Waals surface area (Å²) in [4.78, 5) is 0. The van der Waals surface area contributed by atoms with Crippen LogP contribution < -0.4 is 31.4 Å². The van der Waals surface area contributed by atoms with E-state index in [-0.39, 0.29) is 0 Å². The molecule has 0 aliphatic rings. The molecule has 0 saturated heterocycles. The molecule has 0 unspecified atom stereocenters. The molecule has 5 aromatic rings. The van der Waals surface area contributed by atoms with E-state index < -0.39 is 0 Å². The van der Waals surface area contributed by atoms with Crippen molar-refractivity contribution in [3.63, 3.8) is 0 Å². The van der Waals surface area contributed by atoms with Crippen molar-refractivity contribution < 1.29 is 14.2 Å². The predicted molar refractivity (Wildman–Crippen MR) is 146 cm³/mol. The van der Waals surface area contributed by atoms with E-state index in [1.54, 1.807) is 24.3 Å². The molecule has 0 radical (unpaired) electrons. The van der Waals surface area contributed by atoms with Crippen LogP contribution in [0.5, 0.6) is 34.5 Å². The molecule has 0 aliphatic carbocycles. The van der Waals surface area contributed by atoms with Gasteiger partial charge in [0.15, 0.2) is 0 Å². The first-order valence-corrected chi connectivity index (χ1v) is 11.3. The van der Waals surface area contributed by atoms with Gasteiger partial charge in [0.25, 0.3) is 0 Å². The Bertz CT molecular complexity index is 1290. The van der Waals surface area contributed by atoms with Gasteiger partial charge in [-0.05, 0) is 97.1 Å². The van der Waals surface area contributed by atoms with Crippen molar-refractivity contribution in [3.05, 3.63) is 127 Å². The molecule has 0 fully saturated rings. The molecule has 0 amide bonds. The van der Waals surface area contributed by atoms with Crippen LogP contribution in [-0.2, 0) is 0 Å². The second-order valence-corrected chi connectivity index (χ2v) is 7.77. The molecule has 6 nitrogen and oxygen atoms in total. The lowest BCUT2D eigenvalue weighted by molar-refractivity contribution is 0.469. The molecule has 180 valence electrons. The van der Waals surface area contributed by atoms with E-state index in [1.165, 1.54) is 0 Å². The van der Waals surface area contributed by atoms with Gasteiger partial charge in [0.05, 0.1) is 5.69 Å². The van der Waals surface area contributed by atoms with Crippen LogP contribution in [0.2, 0.25) is 0 Å². The van der Waals surface area contributed by atoms with Crippen molar-refractivity contribution >= 4 is 17.1 Å². The van der Waals surface area contributed by atoms with Crippen molar-refractivity contribution in [2.45, 2.75) is 0 Å². The summed E-state index contributed by atoms with van der Waals surface area (Å²) in [5.41, 5.74) is 19.1. The highest BCUT2D eigenvalue weighted by Crippen LogP contribution is 2.28. The van der Waals surface area contributed by atoms with Crippen LogP contribution in [0.15, 0.2) is 127 Å². The Labute approximate surface area is 210 Å². The number of rotatable bonds is 6. The number of para-hydroxylation sites is 3. The van der Waals surface area contributed by atoms with Gasteiger partial charge in [0.2, 0.25) is 0 Å². The Morgan fingerprint density at radius 3 is 1.14 bits per heavy atom. The lowest BCUT2D eigenvalue weighted by Gasteiger charge is -2.08. The van der Waals surface area contributed by atoms with Gasteiger partial charge in [0, 0.05) is 11.4 Å². The van der Waals surface area contributed by atoms with E-state index in [0.717, 1.165) is 28.7 Å². The number of hydrogen-bond donors (Lipinski definition) is 3. The highest BCUT2D eigenvalue weighted by atomic mass is 16.5. The van der Waals surface area contributed by atoms with E-state index in [9.17, 15) is 0 Å². The maximum absolute atomic E-state index is 5.74. The zero-order valence-electron chi connectivity index (χ0n) is 19.6. The van der Waals surface area contributed by atoms with Crippen molar-refractivity contribution in [1.29, 1.82) is 0 Å². The smallest absolute Gasteiger partial charge is 0.150 e. The molecule has 0 aliphatic heterocycles. The van der Waals surface area contributed by atoms with E-state index in [2.05, 4.69) is 0 Å². The summed E-state index contributed by atoms with van der Waals surface area (Å²) in [6.45, 7) is 0. The summed E-state index contributed by atoms with van der Waals surface area (Å²) in [6.07, 6.45) is 0. The van der Waals surface area contributed by atoms with Gasteiger partial charge in [-0.25, -0.2) is 0 Å². The molecule has 6 N–H and O–H groups in total. The van der Waals surface area contributed by atoms with Crippen molar-refractivity contribution in [1.82, 2.24) is 0 Å². The highest BCUT2D eigenvalue weighted by molar-refractivity contribution is 5.53. The van der Waals surface area contributed by atoms with Gasteiger partial charge >= 0.3 is 0 Å². The maximum Gasteiger partial charge on any atom is 0.150 e. The highest BCUT2D eigenvalue weighted by Gasteiger charge is 2.01. The van der Waals surface area contributed by atoms with Crippen LogP contribution in [0.3, 0.4) is 0 Å². The first-order chi connectivity index (χ1) is 17.5. The molecule has 6 heteroatoms. The Hall–Kier alpha value is -5.10. The first-order valence-electron chi connectivity index (χ1n) is 11.3. The fraction of sp³-hybridized carbons (Fsp3) is 0. The number of benzene rings is 5. The number of ether oxygens (including phenoxy) is 3. The van der Waals surface area contributed by atoms with Crippen LogP contribution in [0.25, 0.3) is 0 Å². The molecule has 0 saturated carbocycles. The maximum atomic E-state index is 5.74. The largest absolute Gasteiger partial charge is 0.457 e. The molecule has 0 spiro atoms. The lowest BCUT2D eigenvalue weighted by Crippen LogP contribution is -1.90. The SMILES string of the molecule is Nc1ccc(Oc2ccc(Oc3ccc(N)cc3)cc2)cc1.Nc1ccccc1Oc1ccccc1. The topological polar surface area (TPSA) is 106 Å². The second-order valence-electron chi connectivity index (χ2n) is 7.77.